The van der Waals surface area contributed by atoms with Crippen LogP contribution in [0.2, 0.25) is 20.1 Å². The fraction of sp³-hybridized carbons (Fsp3) is 0.0952. The molecule has 0 aliphatic rings. The van der Waals surface area contributed by atoms with E-state index < -0.39 is 5.91 Å². The van der Waals surface area contributed by atoms with Crippen molar-refractivity contribution >= 4 is 74.1 Å². The quantitative estimate of drug-likeness (QED) is 0.257. The first-order valence-electron chi connectivity index (χ1n) is 9.38. The Balaban J connectivity index is 1.38. The van der Waals surface area contributed by atoms with Crippen molar-refractivity contribution in [1.82, 2.24) is 19.6 Å². The van der Waals surface area contributed by atoms with Crippen LogP contribution in [0, 0.1) is 0 Å². The number of nitrogens with zero attached hydrogens (tertiary/aromatic N) is 4. The molecule has 33 heavy (non-hydrogen) atoms. The molecule has 0 unspecified atom stereocenters. The minimum absolute atomic E-state index is 0.0661. The molecule has 12 heteroatoms. The van der Waals surface area contributed by atoms with E-state index in [-0.39, 0.29) is 12.4 Å². The standard InChI is InChI=1S/C21H14BrCl4N5O2/c22-14-10-31(9-12-1-3-15(24)16(25)7-12)29-20(14)27-21(32)18-5-6-30(28-18)11-33-19-4-2-13(23)8-17(19)26/h1-8,10H,9,11H2,(H,27,29,32). The third-order valence-corrected chi connectivity index (χ3v) is 6.25. The summed E-state index contributed by atoms with van der Waals surface area (Å²) in [5.41, 5.74) is 1.11. The summed E-state index contributed by atoms with van der Waals surface area (Å²) in [5.74, 6) is 0.400. The van der Waals surface area contributed by atoms with E-state index in [2.05, 4.69) is 31.4 Å². The molecule has 4 aromatic rings. The van der Waals surface area contributed by atoms with Gasteiger partial charge in [0.1, 0.15) is 5.75 Å². The topological polar surface area (TPSA) is 74.0 Å². The molecule has 0 saturated carbocycles. The maximum absolute atomic E-state index is 12.6. The van der Waals surface area contributed by atoms with E-state index in [9.17, 15) is 4.79 Å². The molecule has 0 radical (unpaired) electrons. The molecule has 0 aliphatic carbocycles. The number of rotatable bonds is 7. The molecule has 1 amide bonds. The van der Waals surface area contributed by atoms with Crippen molar-refractivity contribution < 1.29 is 9.53 Å². The number of hydrogen-bond donors (Lipinski definition) is 1. The second-order valence-corrected chi connectivity index (χ2v) is 9.33. The highest BCUT2D eigenvalue weighted by molar-refractivity contribution is 9.10. The molecule has 0 aliphatic heterocycles. The predicted molar refractivity (Wildman–Crippen MR) is 133 cm³/mol. The molecule has 0 saturated heterocycles. The molecular formula is C21H14BrCl4N5O2. The van der Waals surface area contributed by atoms with Crippen LogP contribution in [0.4, 0.5) is 5.82 Å². The monoisotopic (exact) mass is 587 g/mol. The van der Waals surface area contributed by atoms with Crippen molar-refractivity contribution in [3.8, 4) is 5.75 Å². The number of amides is 1. The van der Waals surface area contributed by atoms with Gasteiger partial charge in [-0.15, -0.1) is 0 Å². The van der Waals surface area contributed by atoms with Crippen molar-refractivity contribution in [3.05, 3.63) is 90.7 Å². The van der Waals surface area contributed by atoms with Crippen molar-refractivity contribution in [1.29, 1.82) is 0 Å². The zero-order chi connectivity index (χ0) is 23.5. The highest BCUT2D eigenvalue weighted by Gasteiger charge is 2.15. The number of nitrogens with one attached hydrogen (secondary N) is 1. The number of carbonyl (C=O) groups excluding carboxylic acids is 1. The lowest BCUT2D eigenvalue weighted by molar-refractivity contribution is 0.101. The minimum Gasteiger partial charge on any atom is -0.470 e. The Hall–Kier alpha value is -2.23. The molecule has 0 bridgehead atoms. The van der Waals surface area contributed by atoms with Crippen LogP contribution in [0.3, 0.4) is 0 Å². The van der Waals surface area contributed by atoms with Gasteiger partial charge in [0.15, 0.2) is 18.2 Å². The molecule has 1 N–H and O–H groups in total. The zero-order valence-corrected chi connectivity index (χ0v) is 21.2. The normalized spacial score (nSPS) is 10.9. The van der Waals surface area contributed by atoms with Gasteiger partial charge >= 0.3 is 0 Å². The molecule has 7 nitrogen and oxygen atoms in total. The van der Waals surface area contributed by atoms with Crippen LogP contribution in [0.25, 0.3) is 0 Å². The smallest absolute Gasteiger partial charge is 0.277 e. The summed E-state index contributed by atoms with van der Waals surface area (Å²) < 4.78 is 9.38. The predicted octanol–water partition coefficient (Wildman–Crippen LogP) is 6.79. The van der Waals surface area contributed by atoms with E-state index in [4.69, 9.17) is 51.1 Å². The molecule has 0 fully saturated rings. The Bertz CT molecular complexity index is 1320. The summed E-state index contributed by atoms with van der Waals surface area (Å²) >= 11 is 27.4. The van der Waals surface area contributed by atoms with Gasteiger partial charge in [0.25, 0.3) is 5.91 Å². The van der Waals surface area contributed by atoms with Gasteiger partial charge in [0, 0.05) is 17.4 Å². The summed E-state index contributed by atoms with van der Waals surface area (Å²) in [5, 5.41) is 13.2. The Labute approximate surface area is 217 Å². The van der Waals surface area contributed by atoms with Gasteiger partial charge in [-0.05, 0) is 57.9 Å². The maximum Gasteiger partial charge on any atom is 0.277 e. The van der Waals surface area contributed by atoms with Crippen LogP contribution < -0.4 is 10.1 Å². The van der Waals surface area contributed by atoms with Crippen molar-refractivity contribution in [2.24, 2.45) is 0 Å². The lowest BCUT2D eigenvalue weighted by Gasteiger charge is -2.08. The van der Waals surface area contributed by atoms with Gasteiger partial charge < -0.3 is 10.1 Å². The zero-order valence-electron chi connectivity index (χ0n) is 16.6. The van der Waals surface area contributed by atoms with E-state index in [1.807, 2.05) is 6.07 Å². The van der Waals surface area contributed by atoms with Crippen LogP contribution in [0.5, 0.6) is 5.75 Å². The van der Waals surface area contributed by atoms with E-state index in [0.29, 0.717) is 42.7 Å². The summed E-state index contributed by atoms with van der Waals surface area (Å²) in [7, 11) is 0. The summed E-state index contributed by atoms with van der Waals surface area (Å²) in [4.78, 5) is 12.6. The average molecular weight is 590 g/mol. The lowest BCUT2D eigenvalue weighted by Crippen LogP contribution is -2.15. The third kappa shape index (κ3) is 6.02. The third-order valence-electron chi connectivity index (χ3n) is 4.40. The maximum atomic E-state index is 12.6. The fourth-order valence-electron chi connectivity index (χ4n) is 2.84. The van der Waals surface area contributed by atoms with E-state index in [1.165, 1.54) is 4.68 Å². The summed E-state index contributed by atoms with van der Waals surface area (Å²) in [6.07, 6.45) is 3.37. The SMILES string of the molecule is O=C(Nc1nn(Cc2ccc(Cl)c(Cl)c2)cc1Br)c1ccn(COc2ccc(Cl)cc2Cl)n1. The number of aromatic nitrogens is 4. The fourth-order valence-corrected chi connectivity index (χ4v) is 4.04. The highest BCUT2D eigenvalue weighted by atomic mass is 79.9. The highest BCUT2D eigenvalue weighted by Crippen LogP contribution is 2.28. The van der Waals surface area contributed by atoms with Gasteiger partial charge in [-0.3, -0.25) is 9.48 Å². The first-order chi connectivity index (χ1) is 15.8. The lowest BCUT2D eigenvalue weighted by atomic mass is 10.2. The molecule has 170 valence electrons. The Morgan fingerprint density at radius 2 is 1.79 bits per heavy atom. The van der Waals surface area contributed by atoms with Gasteiger partial charge in [0.05, 0.1) is 26.1 Å². The largest absolute Gasteiger partial charge is 0.470 e. The van der Waals surface area contributed by atoms with Crippen LogP contribution in [0.1, 0.15) is 16.1 Å². The molecule has 2 heterocycles. The van der Waals surface area contributed by atoms with E-state index >= 15 is 0 Å². The summed E-state index contributed by atoms with van der Waals surface area (Å²) in [6, 6.07) is 11.8. The Kier molecular flexibility index (Phi) is 7.51. The van der Waals surface area contributed by atoms with Gasteiger partial charge in [0.2, 0.25) is 0 Å². The van der Waals surface area contributed by atoms with Crippen LogP contribution >= 0.6 is 62.3 Å². The second kappa shape index (κ2) is 10.4. The van der Waals surface area contributed by atoms with E-state index in [0.717, 1.165) is 5.56 Å². The number of ether oxygens (including phenoxy) is 1. The number of benzene rings is 2. The molecule has 2 aromatic carbocycles. The number of anilines is 1. The van der Waals surface area contributed by atoms with Crippen LogP contribution in [-0.4, -0.2) is 25.5 Å². The first-order valence-corrected chi connectivity index (χ1v) is 11.7. The van der Waals surface area contributed by atoms with Crippen molar-refractivity contribution in [2.45, 2.75) is 13.3 Å². The van der Waals surface area contributed by atoms with Crippen LogP contribution in [-0.2, 0) is 13.3 Å². The van der Waals surface area contributed by atoms with Crippen LogP contribution in [0.15, 0.2) is 59.3 Å². The second-order valence-electron chi connectivity index (χ2n) is 6.81. The molecule has 0 spiro atoms. The molecule has 0 atom stereocenters. The van der Waals surface area contributed by atoms with Gasteiger partial charge in [-0.1, -0.05) is 52.5 Å². The average Bonchev–Trinajstić information content (AvgIpc) is 3.37. The van der Waals surface area contributed by atoms with Crippen molar-refractivity contribution in [3.63, 3.8) is 0 Å². The number of halogens is 5. The number of hydrogen-bond acceptors (Lipinski definition) is 4. The first kappa shape index (κ1) is 23.9. The summed E-state index contributed by atoms with van der Waals surface area (Å²) in [6.45, 7) is 0.515. The van der Waals surface area contributed by atoms with Crippen molar-refractivity contribution in [2.75, 3.05) is 5.32 Å². The minimum atomic E-state index is -0.418. The molecule has 4 rings (SSSR count). The Morgan fingerprint density at radius 3 is 2.55 bits per heavy atom. The molecular weight excluding hydrogens is 576 g/mol. The van der Waals surface area contributed by atoms with E-state index in [1.54, 1.807) is 53.5 Å². The Morgan fingerprint density at radius 1 is 0.970 bits per heavy atom. The molecule has 2 aromatic heterocycles. The number of carbonyl (C=O) groups is 1. The van der Waals surface area contributed by atoms with Gasteiger partial charge in [-0.2, -0.15) is 10.2 Å². The van der Waals surface area contributed by atoms with Gasteiger partial charge in [-0.25, -0.2) is 4.68 Å².